The normalized spacial score (nSPS) is 19.4. The van der Waals surface area contributed by atoms with Crippen LogP contribution in [0, 0.1) is 0 Å². The fraction of sp³-hybridized carbons (Fsp3) is 0.400. The SMILES string of the molecule is CC(C)(NC(=O)N1CC[C@]2(C1)OCCn1nc(-c3cnc(N)c(OC(F)F)c3)cc12)c1ccccc1Cl. The number of pyridine rings is 1. The number of amides is 2. The second-order valence-electron chi connectivity index (χ2n) is 9.67. The van der Waals surface area contributed by atoms with Gasteiger partial charge in [0.1, 0.15) is 5.60 Å². The van der Waals surface area contributed by atoms with Crippen molar-refractivity contribution in [2.45, 2.75) is 44.6 Å². The maximum absolute atomic E-state index is 13.3. The van der Waals surface area contributed by atoms with Crippen LogP contribution in [-0.4, -0.2) is 52.0 Å². The maximum Gasteiger partial charge on any atom is 0.387 e. The molecular weight excluding hydrogens is 506 g/mol. The summed E-state index contributed by atoms with van der Waals surface area (Å²) in [7, 11) is 0. The Kier molecular flexibility index (Phi) is 6.45. The van der Waals surface area contributed by atoms with Gasteiger partial charge < -0.3 is 25.4 Å². The topological polar surface area (TPSA) is 108 Å². The lowest BCUT2D eigenvalue weighted by molar-refractivity contribution is -0.0702. The Bertz CT molecular complexity index is 1330. The number of nitrogens with two attached hydrogens (primary N) is 1. The number of carbonyl (C=O) groups is 1. The van der Waals surface area contributed by atoms with E-state index in [1.165, 1.54) is 12.3 Å². The first-order valence-electron chi connectivity index (χ1n) is 11.8. The molecule has 2 aliphatic rings. The third-order valence-electron chi connectivity index (χ3n) is 6.81. The quantitative estimate of drug-likeness (QED) is 0.505. The van der Waals surface area contributed by atoms with Crippen molar-refractivity contribution in [1.29, 1.82) is 0 Å². The van der Waals surface area contributed by atoms with Crippen LogP contribution >= 0.6 is 11.6 Å². The van der Waals surface area contributed by atoms with Crippen molar-refractivity contribution >= 4 is 23.4 Å². The van der Waals surface area contributed by atoms with Crippen LogP contribution in [0.25, 0.3) is 11.3 Å². The van der Waals surface area contributed by atoms with E-state index in [9.17, 15) is 13.6 Å². The summed E-state index contributed by atoms with van der Waals surface area (Å²) >= 11 is 6.37. The Morgan fingerprint density at radius 2 is 2.08 bits per heavy atom. The monoisotopic (exact) mass is 532 g/mol. The number of hydrogen-bond donors (Lipinski definition) is 2. The molecule has 12 heteroatoms. The second-order valence-corrected chi connectivity index (χ2v) is 10.1. The van der Waals surface area contributed by atoms with Gasteiger partial charge in [-0.2, -0.15) is 13.9 Å². The predicted octanol–water partition coefficient (Wildman–Crippen LogP) is 4.36. The number of nitrogens with one attached hydrogen (secondary N) is 1. The van der Waals surface area contributed by atoms with E-state index in [0.717, 1.165) is 11.3 Å². The molecule has 3 aromatic rings. The number of carbonyl (C=O) groups excluding carboxylic acids is 1. The van der Waals surface area contributed by atoms with Crippen LogP contribution in [0.1, 0.15) is 31.5 Å². The lowest BCUT2D eigenvalue weighted by Crippen LogP contribution is -2.49. The average Bonchev–Trinajstić information content (AvgIpc) is 3.47. The summed E-state index contributed by atoms with van der Waals surface area (Å²) in [6, 6.07) is 10.4. The molecule has 1 fully saturated rings. The zero-order chi connectivity index (χ0) is 26.4. The van der Waals surface area contributed by atoms with Crippen molar-refractivity contribution < 1.29 is 23.0 Å². The molecule has 2 aliphatic heterocycles. The number of alkyl halides is 2. The molecule has 1 atom stereocenters. The van der Waals surface area contributed by atoms with E-state index in [0.29, 0.717) is 48.9 Å². The van der Waals surface area contributed by atoms with Crippen molar-refractivity contribution in [2.75, 3.05) is 25.4 Å². The summed E-state index contributed by atoms with van der Waals surface area (Å²) in [4.78, 5) is 19.0. The molecule has 0 bridgehead atoms. The summed E-state index contributed by atoms with van der Waals surface area (Å²) in [5.41, 5.74) is 6.89. The number of likely N-dealkylation sites (tertiary alicyclic amines) is 1. The summed E-state index contributed by atoms with van der Waals surface area (Å²) < 4.78 is 38.1. The number of urea groups is 1. The Hall–Kier alpha value is -3.44. The molecule has 4 heterocycles. The number of anilines is 1. The van der Waals surface area contributed by atoms with E-state index in [-0.39, 0.29) is 17.6 Å². The Morgan fingerprint density at radius 1 is 1.30 bits per heavy atom. The number of hydrogen-bond acceptors (Lipinski definition) is 6. The Labute approximate surface area is 217 Å². The van der Waals surface area contributed by atoms with Gasteiger partial charge in [0, 0.05) is 29.7 Å². The number of nitrogens with zero attached hydrogens (tertiary/aromatic N) is 4. The van der Waals surface area contributed by atoms with Crippen molar-refractivity contribution in [3.8, 4) is 17.0 Å². The standard InChI is InChI=1S/C25H27ClF2N6O3/c1-24(2,16-5-3-4-6-17(16)26)31-23(35)33-8-7-25(14-33)20-12-18(32-34(20)9-10-36-25)15-11-19(37-22(27)28)21(29)30-13-15/h3-6,11-13,22H,7-10,14H2,1-2H3,(H2,29,30)(H,31,35)/t25-/m1/s1. The van der Waals surface area contributed by atoms with Crippen molar-refractivity contribution in [2.24, 2.45) is 0 Å². The van der Waals surface area contributed by atoms with Gasteiger partial charge in [-0.15, -0.1) is 0 Å². The van der Waals surface area contributed by atoms with Crippen LogP contribution in [0.3, 0.4) is 0 Å². The summed E-state index contributed by atoms with van der Waals surface area (Å²) in [6.07, 6.45) is 2.04. The van der Waals surface area contributed by atoms with Crippen LogP contribution < -0.4 is 15.8 Å². The zero-order valence-corrected chi connectivity index (χ0v) is 21.1. The number of halogens is 3. The summed E-state index contributed by atoms with van der Waals surface area (Å²) in [5, 5.41) is 8.32. The molecule has 0 unspecified atom stereocenters. The van der Waals surface area contributed by atoms with E-state index in [1.807, 2.05) is 42.8 Å². The van der Waals surface area contributed by atoms with Gasteiger partial charge in [0.25, 0.3) is 0 Å². The first-order chi connectivity index (χ1) is 17.6. The highest BCUT2D eigenvalue weighted by Gasteiger charge is 2.47. The largest absolute Gasteiger partial charge is 0.431 e. The highest BCUT2D eigenvalue weighted by molar-refractivity contribution is 6.31. The van der Waals surface area contributed by atoms with Gasteiger partial charge >= 0.3 is 12.6 Å². The number of nitrogen functional groups attached to an aromatic ring is 1. The predicted molar refractivity (Wildman–Crippen MR) is 133 cm³/mol. The van der Waals surface area contributed by atoms with E-state index >= 15 is 0 Å². The molecule has 0 aliphatic carbocycles. The van der Waals surface area contributed by atoms with Crippen molar-refractivity contribution in [3.63, 3.8) is 0 Å². The van der Waals surface area contributed by atoms with Gasteiger partial charge in [-0.05, 0) is 37.6 Å². The van der Waals surface area contributed by atoms with Gasteiger partial charge in [0.2, 0.25) is 0 Å². The first kappa shape index (κ1) is 25.2. The molecule has 1 saturated heterocycles. The Balaban J connectivity index is 1.37. The number of ether oxygens (including phenoxy) is 2. The highest BCUT2D eigenvalue weighted by Crippen LogP contribution is 2.40. The van der Waals surface area contributed by atoms with Gasteiger partial charge in [-0.1, -0.05) is 29.8 Å². The van der Waals surface area contributed by atoms with Gasteiger partial charge in [-0.3, -0.25) is 4.68 Å². The van der Waals surface area contributed by atoms with Crippen molar-refractivity contribution in [1.82, 2.24) is 25.0 Å². The number of aromatic nitrogens is 3. The molecule has 3 N–H and O–H groups in total. The zero-order valence-electron chi connectivity index (χ0n) is 20.4. The number of fused-ring (bicyclic) bond motifs is 2. The molecule has 5 rings (SSSR count). The average molecular weight is 533 g/mol. The van der Waals surface area contributed by atoms with E-state index in [2.05, 4.69) is 20.1 Å². The van der Waals surface area contributed by atoms with Crippen LogP contribution in [0.2, 0.25) is 5.02 Å². The minimum Gasteiger partial charge on any atom is -0.431 e. The molecule has 37 heavy (non-hydrogen) atoms. The van der Waals surface area contributed by atoms with E-state index < -0.39 is 17.8 Å². The second kappa shape index (κ2) is 9.46. The molecule has 2 aromatic heterocycles. The van der Waals surface area contributed by atoms with E-state index in [4.69, 9.17) is 22.1 Å². The molecule has 1 spiro atoms. The fourth-order valence-electron chi connectivity index (χ4n) is 4.95. The van der Waals surface area contributed by atoms with E-state index in [1.54, 1.807) is 11.0 Å². The highest BCUT2D eigenvalue weighted by atomic mass is 35.5. The Morgan fingerprint density at radius 3 is 2.84 bits per heavy atom. The van der Waals surface area contributed by atoms with Gasteiger partial charge in [-0.25, -0.2) is 9.78 Å². The number of benzene rings is 1. The van der Waals surface area contributed by atoms with Crippen LogP contribution in [0.4, 0.5) is 19.4 Å². The minimum atomic E-state index is -3.02. The molecule has 0 radical (unpaired) electrons. The maximum atomic E-state index is 13.3. The molecule has 9 nitrogen and oxygen atoms in total. The first-order valence-corrected chi connectivity index (χ1v) is 12.2. The van der Waals surface area contributed by atoms with Gasteiger partial charge in [0.05, 0.1) is 36.6 Å². The summed E-state index contributed by atoms with van der Waals surface area (Å²) in [5.74, 6) is -0.348. The lowest BCUT2D eigenvalue weighted by Gasteiger charge is -2.35. The third kappa shape index (κ3) is 4.80. The lowest BCUT2D eigenvalue weighted by atomic mass is 9.94. The molecule has 1 aromatic carbocycles. The molecule has 2 amide bonds. The minimum absolute atomic E-state index is 0.134. The summed E-state index contributed by atoms with van der Waals surface area (Å²) in [6.45, 7) is 2.56. The van der Waals surface area contributed by atoms with Crippen LogP contribution in [-0.2, 0) is 22.4 Å². The number of rotatable bonds is 5. The molecule has 196 valence electrons. The molecular formula is C25H27ClF2N6O3. The smallest absolute Gasteiger partial charge is 0.387 e. The fourth-order valence-corrected chi connectivity index (χ4v) is 5.32. The van der Waals surface area contributed by atoms with Crippen LogP contribution in [0.5, 0.6) is 5.75 Å². The van der Waals surface area contributed by atoms with Gasteiger partial charge in [0.15, 0.2) is 11.6 Å². The third-order valence-corrected chi connectivity index (χ3v) is 7.14. The molecule has 0 saturated carbocycles. The van der Waals surface area contributed by atoms with Crippen LogP contribution in [0.15, 0.2) is 42.6 Å². The van der Waals surface area contributed by atoms with Crippen molar-refractivity contribution in [3.05, 3.63) is 58.9 Å².